The monoisotopic (exact) mass is 598 g/mol. The van der Waals surface area contributed by atoms with Crippen LogP contribution in [0.15, 0.2) is 78.9 Å². The first-order valence-electron chi connectivity index (χ1n) is 14.5. The molecule has 0 saturated carbocycles. The van der Waals surface area contributed by atoms with Crippen molar-refractivity contribution in [1.29, 1.82) is 0 Å². The second-order valence-electron chi connectivity index (χ2n) is 10.9. The molecular formula is C35H42N4O5. The number of nitrogens with one attached hydrogen (secondary N) is 2. The molecule has 1 fully saturated rings. The van der Waals surface area contributed by atoms with Crippen LogP contribution >= 0.6 is 0 Å². The zero-order valence-corrected chi connectivity index (χ0v) is 25.8. The van der Waals surface area contributed by atoms with Gasteiger partial charge in [-0.3, -0.25) is 4.79 Å². The molecule has 4 N–H and O–H groups in total. The molecule has 44 heavy (non-hydrogen) atoms. The van der Waals surface area contributed by atoms with Crippen molar-refractivity contribution in [3.05, 3.63) is 101 Å². The lowest BCUT2D eigenvalue weighted by atomic mass is 9.97. The van der Waals surface area contributed by atoms with Crippen molar-refractivity contribution in [1.82, 2.24) is 10.2 Å². The van der Waals surface area contributed by atoms with Crippen LogP contribution in [0.3, 0.4) is 0 Å². The van der Waals surface area contributed by atoms with Crippen LogP contribution in [0.1, 0.15) is 27.0 Å². The molecule has 1 aliphatic rings. The van der Waals surface area contributed by atoms with Gasteiger partial charge in [0.2, 0.25) is 0 Å². The van der Waals surface area contributed by atoms with Crippen molar-refractivity contribution in [2.75, 3.05) is 63.6 Å². The Labute approximate surface area is 259 Å². The summed E-state index contributed by atoms with van der Waals surface area (Å²) in [5.41, 5.74) is 8.78. The number of likely N-dealkylation sites (N-methyl/N-ethyl adjacent to an activating group) is 1. The molecule has 1 heterocycles. The molecule has 1 saturated heterocycles. The smallest absolute Gasteiger partial charge is 0.328 e. The van der Waals surface area contributed by atoms with E-state index in [0.29, 0.717) is 17.7 Å². The molecular weight excluding hydrogens is 556 g/mol. The van der Waals surface area contributed by atoms with E-state index >= 15 is 0 Å². The molecule has 0 radical (unpaired) electrons. The van der Waals surface area contributed by atoms with E-state index in [1.807, 2.05) is 30.3 Å². The van der Waals surface area contributed by atoms with E-state index in [1.165, 1.54) is 27.9 Å². The Balaban J connectivity index is 0.000000583. The van der Waals surface area contributed by atoms with Gasteiger partial charge in [0.05, 0.1) is 0 Å². The number of benzene rings is 3. The number of carbonyl (C=O) groups excluding carboxylic acids is 1. The van der Waals surface area contributed by atoms with Crippen LogP contribution in [-0.2, 0) is 9.59 Å². The highest BCUT2D eigenvalue weighted by Crippen LogP contribution is 2.30. The quantitative estimate of drug-likeness (QED) is 0.179. The van der Waals surface area contributed by atoms with Crippen molar-refractivity contribution in [2.24, 2.45) is 0 Å². The molecule has 9 heteroatoms. The molecule has 0 aliphatic carbocycles. The van der Waals surface area contributed by atoms with Gasteiger partial charge >= 0.3 is 11.9 Å². The van der Waals surface area contributed by atoms with Gasteiger partial charge in [0.25, 0.3) is 0 Å². The number of anilines is 2. The normalized spacial score (nSPS) is 13.2. The van der Waals surface area contributed by atoms with Crippen LogP contribution < -0.4 is 15.5 Å². The number of carboxylic acids is 2. The van der Waals surface area contributed by atoms with E-state index in [2.05, 4.69) is 84.8 Å². The number of allylic oxidation sites excluding steroid dienone is 1. The predicted octanol–water partition coefficient (Wildman–Crippen LogP) is 4.96. The number of nitrogens with zero attached hydrogens (tertiary/aromatic N) is 2. The van der Waals surface area contributed by atoms with Crippen LogP contribution in [0.25, 0.3) is 17.2 Å². The van der Waals surface area contributed by atoms with E-state index < -0.39 is 11.9 Å². The zero-order valence-electron chi connectivity index (χ0n) is 25.8. The SMILES string of the molecule is Cc1cc(C)cc(-c2ccc(N3CCNCC3)c(/C=C/C(=O)c3cccc(NCCN(C)C)c3)c2)c1.O=C(O)/C=C/C(=O)O. The molecule has 0 atom stereocenters. The number of carbonyl (C=O) groups is 3. The van der Waals surface area contributed by atoms with Gasteiger partial charge in [-0.05, 0) is 81.1 Å². The molecule has 0 spiro atoms. The maximum atomic E-state index is 13.1. The fraction of sp³-hybridized carbons (Fsp3) is 0.286. The number of aliphatic carboxylic acids is 2. The van der Waals surface area contributed by atoms with Crippen molar-refractivity contribution >= 4 is 35.2 Å². The first-order valence-corrected chi connectivity index (χ1v) is 14.5. The molecule has 4 rings (SSSR count). The van der Waals surface area contributed by atoms with Gasteiger partial charge < -0.3 is 30.6 Å². The van der Waals surface area contributed by atoms with Crippen LogP contribution in [0.4, 0.5) is 11.4 Å². The van der Waals surface area contributed by atoms with Gasteiger partial charge in [-0.2, -0.15) is 0 Å². The topological polar surface area (TPSA) is 122 Å². The van der Waals surface area contributed by atoms with Crippen LogP contribution in [0.2, 0.25) is 0 Å². The number of ketones is 1. The molecule has 3 aromatic carbocycles. The van der Waals surface area contributed by atoms with Crippen molar-refractivity contribution < 1.29 is 24.6 Å². The molecule has 0 amide bonds. The van der Waals surface area contributed by atoms with E-state index in [0.717, 1.165) is 50.5 Å². The number of carboxylic acid groups (broad SMARTS) is 2. The number of hydrogen-bond donors (Lipinski definition) is 4. The number of hydrogen-bond acceptors (Lipinski definition) is 7. The van der Waals surface area contributed by atoms with Gasteiger partial charge in [-0.1, -0.05) is 47.5 Å². The summed E-state index contributed by atoms with van der Waals surface area (Å²) in [5.74, 6) is -2.51. The lowest BCUT2D eigenvalue weighted by Crippen LogP contribution is -2.43. The third-order valence-corrected chi connectivity index (χ3v) is 6.86. The second kappa shape index (κ2) is 16.8. The standard InChI is InChI=1S/C31H38N4O.C4H4O4/c1-23-18-24(2)20-28(19-23)25-8-10-30(35-16-12-32-13-17-35)26(21-25)9-11-31(36)27-6-5-7-29(22-27)33-14-15-34(3)4;5-3(6)1-2-4(7)8/h5-11,18-22,32-33H,12-17H2,1-4H3;1-2H,(H,5,6)(H,7,8)/b11-9+;2-1+. The van der Waals surface area contributed by atoms with Gasteiger partial charge in [0, 0.05) is 68.4 Å². The Morgan fingerprint density at radius 3 is 2.14 bits per heavy atom. The van der Waals surface area contributed by atoms with Crippen LogP contribution in [-0.4, -0.2) is 86.2 Å². The third-order valence-electron chi connectivity index (χ3n) is 6.86. The fourth-order valence-corrected chi connectivity index (χ4v) is 4.81. The minimum atomic E-state index is -1.26. The molecule has 1 aliphatic heterocycles. The van der Waals surface area contributed by atoms with E-state index in [9.17, 15) is 14.4 Å². The molecule has 232 valence electrons. The molecule has 3 aromatic rings. The highest BCUT2D eigenvalue weighted by molar-refractivity contribution is 6.07. The van der Waals surface area contributed by atoms with Gasteiger partial charge in [0.15, 0.2) is 5.78 Å². The average molecular weight is 599 g/mol. The minimum Gasteiger partial charge on any atom is -0.478 e. The Kier molecular flexibility index (Phi) is 12.9. The summed E-state index contributed by atoms with van der Waals surface area (Å²) in [6.07, 6.45) is 4.81. The molecule has 0 aromatic heterocycles. The minimum absolute atomic E-state index is 0.00863. The summed E-state index contributed by atoms with van der Waals surface area (Å²) in [6, 6.07) is 21.0. The summed E-state index contributed by atoms with van der Waals surface area (Å²) >= 11 is 0. The lowest BCUT2D eigenvalue weighted by molar-refractivity contribution is -0.134. The summed E-state index contributed by atoms with van der Waals surface area (Å²) in [7, 11) is 4.10. The van der Waals surface area contributed by atoms with Crippen LogP contribution in [0.5, 0.6) is 0 Å². The fourth-order valence-electron chi connectivity index (χ4n) is 4.81. The summed E-state index contributed by atoms with van der Waals surface area (Å²) in [5, 5.41) is 22.5. The first kappa shape index (κ1) is 33.8. The van der Waals surface area contributed by atoms with E-state index in [-0.39, 0.29) is 5.78 Å². The predicted molar refractivity (Wildman–Crippen MR) is 178 cm³/mol. The summed E-state index contributed by atoms with van der Waals surface area (Å²) < 4.78 is 0. The van der Waals surface area contributed by atoms with Crippen LogP contribution in [0, 0.1) is 13.8 Å². The molecule has 9 nitrogen and oxygen atoms in total. The number of piperazine rings is 1. The van der Waals surface area contributed by atoms with Gasteiger partial charge in [0.1, 0.15) is 0 Å². The first-order chi connectivity index (χ1) is 21.0. The summed E-state index contributed by atoms with van der Waals surface area (Å²) in [4.78, 5) is 36.8. The largest absolute Gasteiger partial charge is 0.478 e. The summed E-state index contributed by atoms with van der Waals surface area (Å²) in [6.45, 7) is 9.88. The Hall–Kier alpha value is -4.73. The average Bonchev–Trinajstić information content (AvgIpc) is 2.99. The van der Waals surface area contributed by atoms with Crippen molar-refractivity contribution in [2.45, 2.75) is 13.8 Å². The Bertz CT molecular complexity index is 1470. The third kappa shape index (κ3) is 11.2. The Morgan fingerprint density at radius 2 is 1.52 bits per heavy atom. The molecule has 0 unspecified atom stereocenters. The second-order valence-corrected chi connectivity index (χ2v) is 10.9. The Morgan fingerprint density at radius 1 is 0.864 bits per heavy atom. The van der Waals surface area contributed by atoms with Gasteiger partial charge in [-0.25, -0.2) is 9.59 Å². The highest BCUT2D eigenvalue weighted by atomic mass is 16.4. The lowest BCUT2D eigenvalue weighted by Gasteiger charge is -2.31. The number of aryl methyl sites for hydroxylation is 2. The molecule has 0 bridgehead atoms. The zero-order chi connectivity index (χ0) is 32.1. The maximum Gasteiger partial charge on any atom is 0.328 e. The highest BCUT2D eigenvalue weighted by Gasteiger charge is 2.15. The number of rotatable bonds is 11. The maximum absolute atomic E-state index is 13.1. The van der Waals surface area contributed by atoms with Crippen molar-refractivity contribution in [3.63, 3.8) is 0 Å². The van der Waals surface area contributed by atoms with E-state index in [4.69, 9.17) is 10.2 Å². The van der Waals surface area contributed by atoms with Crippen molar-refractivity contribution in [3.8, 4) is 11.1 Å². The van der Waals surface area contributed by atoms with Gasteiger partial charge in [-0.15, -0.1) is 0 Å². The van der Waals surface area contributed by atoms with E-state index in [1.54, 1.807) is 6.08 Å².